The van der Waals surface area contributed by atoms with Gasteiger partial charge in [0, 0.05) is 17.7 Å². The second kappa shape index (κ2) is 8.10. The van der Waals surface area contributed by atoms with Crippen molar-refractivity contribution in [2.75, 3.05) is 28.4 Å². The Bertz CT molecular complexity index is 772. The fraction of sp³-hybridized carbons (Fsp3) is 0.211. The number of ether oxygens (including phenoxy) is 4. The minimum absolute atomic E-state index is 0.0840. The number of methoxy groups -OCH3 is 4. The van der Waals surface area contributed by atoms with Gasteiger partial charge in [0.25, 0.3) is 0 Å². The van der Waals surface area contributed by atoms with Crippen molar-refractivity contribution < 1.29 is 28.8 Å². The van der Waals surface area contributed by atoms with Crippen molar-refractivity contribution in [3.05, 3.63) is 47.5 Å². The number of aliphatic carboxylic acids is 1. The number of benzene rings is 2. The van der Waals surface area contributed by atoms with E-state index in [1.807, 2.05) is 0 Å². The fourth-order valence-corrected chi connectivity index (χ4v) is 2.32. The first-order chi connectivity index (χ1) is 12.0. The van der Waals surface area contributed by atoms with E-state index in [2.05, 4.69) is 0 Å². The molecule has 0 amide bonds. The molecule has 1 N–H and O–H groups in total. The van der Waals surface area contributed by atoms with Gasteiger partial charge in [0.05, 0.1) is 34.0 Å². The highest BCUT2D eigenvalue weighted by Gasteiger charge is 2.15. The van der Waals surface area contributed by atoms with E-state index in [1.54, 1.807) is 43.5 Å². The smallest absolute Gasteiger partial charge is 0.336 e. The second-order valence-corrected chi connectivity index (χ2v) is 5.07. The average molecular weight is 344 g/mol. The lowest BCUT2D eigenvalue weighted by Gasteiger charge is -2.11. The molecule has 2 aromatic carbocycles. The first kappa shape index (κ1) is 18.2. The van der Waals surface area contributed by atoms with Crippen molar-refractivity contribution in [1.29, 1.82) is 0 Å². The van der Waals surface area contributed by atoms with Crippen molar-refractivity contribution >= 4 is 17.6 Å². The Morgan fingerprint density at radius 1 is 0.840 bits per heavy atom. The number of carboxylic acids is 1. The lowest BCUT2D eigenvalue weighted by molar-refractivity contribution is -0.130. The standard InChI is InChI=1S/C19H20O6/c1-22-14-6-5-12(18(11-14)25-4)9-17(19(20)21)13-7-15(23-2)10-16(8-13)24-3/h5-11H,1-4H3,(H,20,21)/b17-9+. The third-order valence-electron chi connectivity index (χ3n) is 3.63. The minimum atomic E-state index is -1.08. The number of carboxylic acid groups (broad SMARTS) is 1. The van der Waals surface area contributed by atoms with E-state index in [0.717, 1.165) is 0 Å². The van der Waals surface area contributed by atoms with Gasteiger partial charge >= 0.3 is 5.97 Å². The van der Waals surface area contributed by atoms with Crippen LogP contribution in [0.2, 0.25) is 0 Å². The van der Waals surface area contributed by atoms with Crippen molar-refractivity contribution in [2.45, 2.75) is 0 Å². The quantitative estimate of drug-likeness (QED) is 0.613. The van der Waals surface area contributed by atoms with Gasteiger partial charge in [-0.2, -0.15) is 0 Å². The van der Waals surface area contributed by atoms with Crippen LogP contribution in [0.4, 0.5) is 0 Å². The van der Waals surface area contributed by atoms with Crippen LogP contribution in [-0.4, -0.2) is 39.5 Å². The first-order valence-corrected chi connectivity index (χ1v) is 7.42. The molecule has 0 aliphatic carbocycles. The normalized spacial score (nSPS) is 11.0. The number of carbonyl (C=O) groups is 1. The molecule has 0 heterocycles. The number of rotatable bonds is 7. The molecule has 0 aromatic heterocycles. The highest BCUT2D eigenvalue weighted by molar-refractivity contribution is 6.21. The van der Waals surface area contributed by atoms with Gasteiger partial charge in [0.1, 0.15) is 23.0 Å². The summed E-state index contributed by atoms with van der Waals surface area (Å²) in [5.74, 6) is 1.06. The molecule has 0 radical (unpaired) electrons. The van der Waals surface area contributed by atoms with Crippen molar-refractivity contribution in [2.24, 2.45) is 0 Å². The highest BCUT2D eigenvalue weighted by Crippen LogP contribution is 2.31. The van der Waals surface area contributed by atoms with Crippen molar-refractivity contribution in [3.63, 3.8) is 0 Å². The molecule has 0 unspecified atom stereocenters. The molecule has 0 aliphatic rings. The van der Waals surface area contributed by atoms with Crippen molar-refractivity contribution in [3.8, 4) is 23.0 Å². The lowest BCUT2D eigenvalue weighted by atomic mass is 10.0. The van der Waals surface area contributed by atoms with Crippen LogP contribution in [0, 0.1) is 0 Å². The number of hydrogen-bond acceptors (Lipinski definition) is 5. The topological polar surface area (TPSA) is 74.2 Å². The molecule has 2 aromatic rings. The molecule has 0 bridgehead atoms. The zero-order chi connectivity index (χ0) is 18.4. The third kappa shape index (κ3) is 4.23. The fourth-order valence-electron chi connectivity index (χ4n) is 2.32. The summed E-state index contributed by atoms with van der Waals surface area (Å²) in [6.45, 7) is 0. The van der Waals surface area contributed by atoms with E-state index in [-0.39, 0.29) is 5.57 Å². The summed E-state index contributed by atoms with van der Waals surface area (Å²) in [7, 11) is 6.08. The van der Waals surface area contributed by atoms with Gasteiger partial charge in [-0.3, -0.25) is 0 Å². The molecular formula is C19H20O6. The summed E-state index contributed by atoms with van der Waals surface area (Å²) in [6, 6.07) is 10.1. The van der Waals surface area contributed by atoms with Gasteiger partial charge in [-0.05, 0) is 35.9 Å². The van der Waals surface area contributed by atoms with E-state index in [9.17, 15) is 9.90 Å². The molecule has 2 rings (SSSR count). The van der Waals surface area contributed by atoms with E-state index in [1.165, 1.54) is 27.4 Å². The maximum atomic E-state index is 11.8. The van der Waals surface area contributed by atoms with Crippen LogP contribution in [-0.2, 0) is 4.79 Å². The molecule has 25 heavy (non-hydrogen) atoms. The van der Waals surface area contributed by atoms with Gasteiger partial charge in [0.15, 0.2) is 0 Å². The molecular weight excluding hydrogens is 324 g/mol. The molecule has 0 saturated heterocycles. The SMILES string of the molecule is COc1cc(OC)cc(/C(=C\c2ccc(OC)cc2OC)C(=O)O)c1. The van der Waals surface area contributed by atoms with Crippen LogP contribution in [0.15, 0.2) is 36.4 Å². The molecule has 6 heteroatoms. The van der Waals surface area contributed by atoms with E-state index in [0.29, 0.717) is 34.1 Å². The predicted octanol–water partition coefficient (Wildman–Crippen LogP) is 3.35. The predicted molar refractivity (Wildman–Crippen MR) is 94.6 cm³/mol. The van der Waals surface area contributed by atoms with E-state index >= 15 is 0 Å². The largest absolute Gasteiger partial charge is 0.497 e. The summed E-state index contributed by atoms with van der Waals surface area (Å²) in [5.41, 5.74) is 1.16. The Hall–Kier alpha value is -3.15. The van der Waals surface area contributed by atoms with Crippen LogP contribution in [0.5, 0.6) is 23.0 Å². The maximum absolute atomic E-state index is 11.8. The van der Waals surface area contributed by atoms with E-state index in [4.69, 9.17) is 18.9 Å². The first-order valence-electron chi connectivity index (χ1n) is 7.42. The van der Waals surface area contributed by atoms with Crippen LogP contribution in [0.3, 0.4) is 0 Å². The molecule has 6 nitrogen and oxygen atoms in total. The van der Waals surface area contributed by atoms with Crippen LogP contribution >= 0.6 is 0 Å². The van der Waals surface area contributed by atoms with E-state index < -0.39 is 5.97 Å². The summed E-state index contributed by atoms with van der Waals surface area (Å²) >= 11 is 0. The Labute approximate surface area is 146 Å². The monoisotopic (exact) mass is 344 g/mol. The van der Waals surface area contributed by atoms with Gasteiger partial charge in [-0.15, -0.1) is 0 Å². The molecule has 0 spiro atoms. The maximum Gasteiger partial charge on any atom is 0.336 e. The van der Waals surface area contributed by atoms with Gasteiger partial charge in [-0.1, -0.05) is 0 Å². The van der Waals surface area contributed by atoms with Gasteiger partial charge in [0.2, 0.25) is 0 Å². The molecule has 132 valence electrons. The number of hydrogen-bond donors (Lipinski definition) is 1. The van der Waals surface area contributed by atoms with Crippen LogP contribution in [0.25, 0.3) is 11.6 Å². The summed E-state index contributed by atoms with van der Waals surface area (Å²) in [4.78, 5) is 11.8. The lowest BCUT2D eigenvalue weighted by Crippen LogP contribution is -2.01. The van der Waals surface area contributed by atoms with Crippen LogP contribution < -0.4 is 18.9 Å². The Balaban J connectivity index is 2.59. The third-order valence-corrected chi connectivity index (χ3v) is 3.63. The zero-order valence-corrected chi connectivity index (χ0v) is 14.5. The zero-order valence-electron chi connectivity index (χ0n) is 14.5. The van der Waals surface area contributed by atoms with Crippen LogP contribution in [0.1, 0.15) is 11.1 Å². The average Bonchev–Trinajstić information content (AvgIpc) is 2.65. The molecule has 0 aliphatic heterocycles. The Morgan fingerprint density at radius 2 is 1.44 bits per heavy atom. The Kier molecular flexibility index (Phi) is 5.89. The molecule has 0 fully saturated rings. The van der Waals surface area contributed by atoms with Gasteiger partial charge < -0.3 is 24.1 Å². The molecule has 0 atom stereocenters. The second-order valence-electron chi connectivity index (χ2n) is 5.07. The molecule has 0 saturated carbocycles. The van der Waals surface area contributed by atoms with Crippen molar-refractivity contribution in [1.82, 2.24) is 0 Å². The highest BCUT2D eigenvalue weighted by atomic mass is 16.5. The minimum Gasteiger partial charge on any atom is -0.497 e. The summed E-state index contributed by atoms with van der Waals surface area (Å²) in [5, 5.41) is 9.66. The summed E-state index contributed by atoms with van der Waals surface area (Å²) < 4.78 is 20.9. The Morgan fingerprint density at radius 3 is 1.92 bits per heavy atom. The van der Waals surface area contributed by atoms with Gasteiger partial charge in [-0.25, -0.2) is 4.79 Å². The summed E-state index contributed by atoms with van der Waals surface area (Å²) in [6.07, 6.45) is 1.54.